The van der Waals surface area contributed by atoms with Gasteiger partial charge in [-0.1, -0.05) is 13.8 Å². The molecule has 1 heterocycles. The van der Waals surface area contributed by atoms with Crippen LogP contribution in [-0.2, 0) is 4.74 Å². The molecular weight excluding hydrogens is 270 g/mol. The van der Waals surface area contributed by atoms with Gasteiger partial charge in [-0.2, -0.15) is 0 Å². The van der Waals surface area contributed by atoms with Crippen LogP contribution in [0.4, 0.5) is 5.69 Å². The predicted octanol–water partition coefficient (Wildman–Crippen LogP) is 3.57. The highest BCUT2D eigenvalue weighted by atomic mass is 16.5. The Balaban J connectivity index is 2.48. The first kappa shape index (κ1) is 14.9. The van der Waals surface area contributed by atoms with E-state index in [0.29, 0.717) is 11.3 Å². The van der Waals surface area contributed by atoms with Crippen LogP contribution in [0, 0.1) is 4.91 Å². The first-order chi connectivity index (χ1) is 10.1. The summed E-state index contributed by atoms with van der Waals surface area (Å²) in [5, 5.41) is 3.02. The number of benzene rings is 1. The number of ether oxygens (including phenoxy) is 1. The monoisotopic (exact) mass is 287 g/mol. The number of hydrogen-bond acceptors (Lipinski definition) is 5. The minimum atomic E-state index is -0.469. The minimum Gasteiger partial charge on any atom is -0.462 e. The largest absolute Gasteiger partial charge is 0.462 e. The number of aromatic nitrogens is 2. The fourth-order valence-electron chi connectivity index (χ4n) is 2.09. The third kappa shape index (κ3) is 2.99. The van der Waals surface area contributed by atoms with E-state index < -0.39 is 5.97 Å². The topological polar surface area (TPSA) is 73.6 Å². The summed E-state index contributed by atoms with van der Waals surface area (Å²) in [7, 11) is 0. The molecule has 0 atom stereocenters. The van der Waals surface area contributed by atoms with Gasteiger partial charge >= 0.3 is 5.97 Å². The molecule has 1 aromatic carbocycles. The van der Waals surface area contributed by atoms with Crippen LogP contribution in [-0.4, -0.2) is 22.1 Å². The molecule has 110 valence electrons. The van der Waals surface area contributed by atoms with Crippen molar-refractivity contribution < 1.29 is 9.53 Å². The van der Waals surface area contributed by atoms with Crippen LogP contribution in [0.1, 0.15) is 42.9 Å². The van der Waals surface area contributed by atoms with Crippen LogP contribution in [0.5, 0.6) is 0 Å². The molecule has 0 spiro atoms. The highest BCUT2D eigenvalue weighted by Gasteiger charge is 2.15. The molecule has 0 unspecified atom stereocenters. The number of carbonyl (C=O) groups excluding carboxylic acids is 1. The molecule has 21 heavy (non-hydrogen) atoms. The normalized spacial score (nSPS) is 10.7. The molecule has 0 saturated carbocycles. The van der Waals surface area contributed by atoms with Gasteiger partial charge in [0.15, 0.2) is 0 Å². The average molecular weight is 287 g/mol. The van der Waals surface area contributed by atoms with Crippen molar-refractivity contribution in [2.75, 3.05) is 6.61 Å². The summed E-state index contributed by atoms with van der Waals surface area (Å²) in [4.78, 5) is 27.1. The Morgan fingerprint density at radius 3 is 2.81 bits per heavy atom. The molecule has 0 aliphatic rings. The maximum Gasteiger partial charge on any atom is 0.338 e. The standard InChI is InChI=1S/C15H17N3O3/c1-4-21-15(19)11-5-6-13(12(9-11)17-20)18-8-7-16-14(18)10(2)3/h5-10H,4H2,1-3H3. The molecule has 0 aliphatic heterocycles. The molecule has 2 aromatic rings. The molecular formula is C15H17N3O3. The Kier molecular flexibility index (Phi) is 4.47. The minimum absolute atomic E-state index is 0.181. The highest BCUT2D eigenvalue weighted by molar-refractivity contribution is 5.91. The van der Waals surface area contributed by atoms with E-state index in [2.05, 4.69) is 10.2 Å². The van der Waals surface area contributed by atoms with Crippen molar-refractivity contribution in [3.05, 3.63) is 46.9 Å². The molecule has 6 heteroatoms. The van der Waals surface area contributed by atoms with Gasteiger partial charge < -0.3 is 9.30 Å². The Morgan fingerprint density at radius 2 is 2.19 bits per heavy atom. The second kappa shape index (κ2) is 6.30. The number of rotatable bonds is 5. The van der Waals surface area contributed by atoms with Gasteiger partial charge in [0.1, 0.15) is 11.5 Å². The van der Waals surface area contributed by atoms with E-state index in [9.17, 15) is 9.70 Å². The van der Waals surface area contributed by atoms with Crippen molar-refractivity contribution >= 4 is 11.7 Å². The van der Waals surface area contributed by atoms with Crippen molar-refractivity contribution in [2.45, 2.75) is 26.7 Å². The maximum absolute atomic E-state index is 11.7. The lowest BCUT2D eigenvalue weighted by Crippen LogP contribution is -2.06. The second-order valence-corrected chi connectivity index (χ2v) is 4.83. The average Bonchev–Trinajstić information content (AvgIpc) is 2.96. The highest BCUT2D eigenvalue weighted by Crippen LogP contribution is 2.28. The summed E-state index contributed by atoms with van der Waals surface area (Å²) < 4.78 is 6.72. The Labute approximate surface area is 122 Å². The van der Waals surface area contributed by atoms with E-state index in [1.165, 1.54) is 6.07 Å². The smallest absolute Gasteiger partial charge is 0.338 e. The number of hydrogen-bond donors (Lipinski definition) is 0. The summed E-state index contributed by atoms with van der Waals surface area (Å²) in [6, 6.07) is 4.73. The molecule has 0 bridgehead atoms. The Bertz CT molecular complexity index is 662. The zero-order valence-corrected chi connectivity index (χ0v) is 12.2. The van der Waals surface area contributed by atoms with Gasteiger partial charge in [0.05, 0.1) is 17.9 Å². The van der Waals surface area contributed by atoms with Crippen molar-refractivity contribution in [3.8, 4) is 5.69 Å². The molecule has 0 saturated heterocycles. The number of carbonyl (C=O) groups is 1. The van der Waals surface area contributed by atoms with E-state index >= 15 is 0 Å². The molecule has 0 amide bonds. The van der Waals surface area contributed by atoms with Crippen LogP contribution in [0.2, 0.25) is 0 Å². The number of esters is 1. The summed E-state index contributed by atoms with van der Waals surface area (Å²) in [6.07, 6.45) is 3.44. The van der Waals surface area contributed by atoms with Gasteiger partial charge in [-0.3, -0.25) is 0 Å². The first-order valence-electron chi connectivity index (χ1n) is 6.76. The molecule has 0 aliphatic carbocycles. The maximum atomic E-state index is 11.7. The van der Waals surface area contributed by atoms with E-state index in [-0.39, 0.29) is 18.2 Å². The number of nitroso groups, excluding NO2 is 1. The number of nitrogens with zero attached hydrogens (tertiary/aromatic N) is 3. The van der Waals surface area contributed by atoms with Gasteiger partial charge in [-0.25, -0.2) is 9.78 Å². The van der Waals surface area contributed by atoms with Crippen molar-refractivity contribution in [1.29, 1.82) is 0 Å². The third-order valence-electron chi connectivity index (χ3n) is 3.03. The Hall–Kier alpha value is -2.50. The first-order valence-corrected chi connectivity index (χ1v) is 6.76. The fourth-order valence-corrected chi connectivity index (χ4v) is 2.09. The summed E-state index contributed by atoms with van der Waals surface area (Å²) in [6.45, 7) is 6.04. The number of imidazole rings is 1. The molecule has 6 nitrogen and oxygen atoms in total. The molecule has 0 radical (unpaired) electrons. The van der Waals surface area contributed by atoms with Gasteiger partial charge in [0.25, 0.3) is 0 Å². The molecule has 1 aromatic heterocycles. The van der Waals surface area contributed by atoms with E-state index in [4.69, 9.17) is 4.74 Å². The lowest BCUT2D eigenvalue weighted by molar-refractivity contribution is 0.0526. The summed E-state index contributed by atoms with van der Waals surface area (Å²) in [5.74, 6) is 0.552. The summed E-state index contributed by atoms with van der Waals surface area (Å²) in [5.41, 5.74) is 1.08. The predicted molar refractivity (Wildman–Crippen MR) is 79.1 cm³/mol. The zero-order valence-electron chi connectivity index (χ0n) is 12.2. The van der Waals surface area contributed by atoms with Crippen molar-refractivity contribution in [1.82, 2.24) is 9.55 Å². The van der Waals surface area contributed by atoms with Gasteiger partial charge in [-0.05, 0) is 30.3 Å². The lowest BCUT2D eigenvalue weighted by atomic mass is 10.1. The molecule has 0 fully saturated rings. The van der Waals surface area contributed by atoms with E-state index in [1.807, 2.05) is 13.8 Å². The van der Waals surface area contributed by atoms with Crippen LogP contribution in [0.3, 0.4) is 0 Å². The lowest BCUT2D eigenvalue weighted by Gasteiger charge is -2.12. The summed E-state index contributed by atoms with van der Waals surface area (Å²) >= 11 is 0. The van der Waals surface area contributed by atoms with Crippen LogP contribution in [0.15, 0.2) is 35.8 Å². The van der Waals surface area contributed by atoms with Gasteiger partial charge in [0, 0.05) is 18.3 Å². The van der Waals surface area contributed by atoms with Crippen LogP contribution in [0.25, 0.3) is 5.69 Å². The van der Waals surface area contributed by atoms with Crippen LogP contribution >= 0.6 is 0 Å². The quantitative estimate of drug-likeness (QED) is 0.622. The fraction of sp³-hybridized carbons (Fsp3) is 0.333. The molecule has 2 rings (SSSR count). The SMILES string of the molecule is CCOC(=O)c1ccc(-n2ccnc2C(C)C)c(N=O)c1. The third-order valence-corrected chi connectivity index (χ3v) is 3.03. The van der Waals surface area contributed by atoms with Gasteiger partial charge in [0.2, 0.25) is 0 Å². The Morgan fingerprint density at radius 1 is 1.43 bits per heavy atom. The van der Waals surface area contributed by atoms with Crippen LogP contribution < -0.4 is 0 Å². The molecule has 0 N–H and O–H groups in total. The van der Waals surface area contributed by atoms with E-state index in [0.717, 1.165) is 5.82 Å². The van der Waals surface area contributed by atoms with Crippen molar-refractivity contribution in [3.63, 3.8) is 0 Å². The zero-order chi connectivity index (χ0) is 15.4. The van der Waals surface area contributed by atoms with E-state index in [1.54, 1.807) is 36.0 Å². The van der Waals surface area contributed by atoms with Gasteiger partial charge in [-0.15, -0.1) is 4.91 Å². The second-order valence-electron chi connectivity index (χ2n) is 4.83. The van der Waals surface area contributed by atoms with Crippen molar-refractivity contribution in [2.24, 2.45) is 5.18 Å².